The standard InChI is InChI=1S/C10H19N/c1-3-9(2)8-11-7-6-10-4-5-10/h10-11H,2-8H2,1H3. The van der Waals surface area contributed by atoms with Crippen LogP contribution < -0.4 is 5.32 Å². The van der Waals surface area contributed by atoms with Gasteiger partial charge in [0.2, 0.25) is 0 Å². The highest BCUT2D eigenvalue weighted by Crippen LogP contribution is 2.31. The molecule has 0 aromatic heterocycles. The Morgan fingerprint density at radius 1 is 1.55 bits per heavy atom. The fraction of sp³-hybridized carbons (Fsp3) is 0.800. The van der Waals surface area contributed by atoms with Crippen LogP contribution in [0.1, 0.15) is 32.6 Å². The summed E-state index contributed by atoms with van der Waals surface area (Å²) in [5, 5.41) is 3.41. The highest BCUT2D eigenvalue weighted by Gasteiger charge is 2.19. The largest absolute Gasteiger partial charge is 0.313 e. The first-order valence-corrected chi connectivity index (χ1v) is 4.70. The Hall–Kier alpha value is -0.300. The summed E-state index contributed by atoms with van der Waals surface area (Å²) >= 11 is 0. The first-order chi connectivity index (χ1) is 5.33. The zero-order chi connectivity index (χ0) is 8.10. The summed E-state index contributed by atoms with van der Waals surface area (Å²) in [5.41, 5.74) is 1.32. The van der Waals surface area contributed by atoms with Crippen molar-refractivity contribution in [3.63, 3.8) is 0 Å². The molecule has 0 aromatic carbocycles. The zero-order valence-corrected chi connectivity index (χ0v) is 7.53. The predicted octanol–water partition coefficient (Wildman–Crippen LogP) is 2.34. The minimum absolute atomic E-state index is 1.02. The molecular formula is C10H19N. The van der Waals surface area contributed by atoms with Crippen molar-refractivity contribution in [3.05, 3.63) is 12.2 Å². The van der Waals surface area contributed by atoms with Crippen LogP contribution in [0.5, 0.6) is 0 Å². The molecule has 1 saturated carbocycles. The van der Waals surface area contributed by atoms with Gasteiger partial charge >= 0.3 is 0 Å². The van der Waals surface area contributed by atoms with Gasteiger partial charge in [0.15, 0.2) is 0 Å². The van der Waals surface area contributed by atoms with Crippen LogP contribution in [0.4, 0.5) is 0 Å². The molecule has 1 rings (SSSR count). The molecule has 1 N–H and O–H groups in total. The second kappa shape index (κ2) is 4.55. The van der Waals surface area contributed by atoms with Crippen LogP contribution in [0, 0.1) is 5.92 Å². The summed E-state index contributed by atoms with van der Waals surface area (Å²) < 4.78 is 0. The lowest BCUT2D eigenvalue weighted by atomic mass is 10.2. The van der Waals surface area contributed by atoms with Crippen molar-refractivity contribution in [2.45, 2.75) is 32.6 Å². The average Bonchev–Trinajstić information content (AvgIpc) is 2.81. The molecule has 1 fully saturated rings. The molecule has 0 unspecified atom stereocenters. The van der Waals surface area contributed by atoms with E-state index in [1.165, 1.54) is 31.4 Å². The smallest absolute Gasteiger partial charge is 0.0161 e. The van der Waals surface area contributed by atoms with E-state index in [-0.39, 0.29) is 0 Å². The molecular weight excluding hydrogens is 134 g/mol. The Labute approximate surface area is 69.9 Å². The molecule has 1 aliphatic rings. The second-order valence-electron chi connectivity index (χ2n) is 3.51. The van der Waals surface area contributed by atoms with Gasteiger partial charge < -0.3 is 5.32 Å². The molecule has 0 amide bonds. The van der Waals surface area contributed by atoms with E-state index in [4.69, 9.17) is 0 Å². The van der Waals surface area contributed by atoms with Gasteiger partial charge in [0.05, 0.1) is 0 Å². The van der Waals surface area contributed by atoms with Crippen molar-refractivity contribution in [1.82, 2.24) is 5.32 Å². The van der Waals surface area contributed by atoms with Crippen LogP contribution >= 0.6 is 0 Å². The van der Waals surface area contributed by atoms with E-state index in [0.29, 0.717) is 0 Å². The van der Waals surface area contributed by atoms with E-state index in [9.17, 15) is 0 Å². The third-order valence-electron chi connectivity index (χ3n) is 2.30. The van der Waals surface area contributed by atoms with E-state index < -0.39 is 0 Å². The first kappa shape index (κ1) is 8.79. The maximum Gasteiger partial charge on any atom is 0.0161 e. The Bertz CT molecular complexity index is 125. The van der Waals surface area contributed by atoms with Gasteiger partial charge in [-0.2, -0.15) is 0 Å². The summed E-state index contributed by atoms with van der Waals surface area (Å²) in [5.74, 6) is 1.05. The normalized spacial score (nSPS) is 16.8. The van der Waals surface area contributed by atoms with Gasteiger partial charge in [0.1, 0.15) is 0 Å². The Morgan fingerprint density at radius 3 is 2.82 bits per heavy atom. The van der Waals surface area contributed by atoms with Crippen molar-refractivity contribution in [1.29, 1.82) is 0 Å². The van der Waals surface area contributed by atoms with Gasteiger partial charge in [0, 0.05) is 6.54 Å². The number of hydrogen-bond acceptors (Lipinski definition) is 1. The third kappa shape index (κ3) is 4.20. The third-order valence-corrected chi connectivity index (χ3v) is 2.30. The van der Waals surface area contributed by atoms with Crippen molar-refractivity contribution < 1.29 is 0 Å². The molecule has 1 heteroatoms. The minimum Gasteiger partial charge on any atom is -0.313 e. The average molecular weight is 153 g/mol. The topological polar surface area (TPSA) is 12.0 Å². The molecule has 0 aliphatic heterocycles. The van der Waals surface area contributed by atoms with E-state index in [1.807, 2.05) is 0 Å². The quantitative estimate of drug-likeness (QED) is 0.456. The van der Waals surface area contributed by atoms with Crippen LogP contribution in [-0.2, 0) is 0 Å². The molecule has 0 atom stereocenters. The highest BCUT2D eigenvalue weighted by molar-refractivity contribution is 4.94. The van der Waals surface area contributed by atoms with Crippen LogP contribution in [-0.4, -0.2) is 13.1 Å². The number of hydrogen-bond donors (Lipinski definition) is 1. The van der Waals surface area contributed by atoms with Crippen molar-refractivity contribution in [2.75, 3.05) is 13.1 Å². The van der Waals surface area contributed by atoms with Crippen LogP contribution in [0.15, 0.2) is 12.2 Å². The molecule has 0 spiro atoms. The minimum atomic E-state index is 1.02. The lowest BCUT2D eigenvalue weighted by Crippen LogP contribution is -2.18. The van der Waals surface area contributed by atoms with E-state index in [2.05, 4.69) is 18.8 Å². The van der Waals surface area contributed by atoms with Gasteiger partial charge in [0.25, 0.3) is 0 Å². The van der Waals surface area contributed by atoms with Gasteiger partial charge in [-0.3, -0.25) is 0 Å². The fourth-order valence-electron chi connectivity index (χ4n) is 1.10. The molecule has 0 saturated heterocycles. The summed E-state index contributed by atoms with van der Waals surface area (Å²) in [6.07, 6.45) is 5.42. The van der Waals surface area contributed by atoms with Crippen LogP contribution in [0.3, 0.4) is 0 Å². The van der Waals surface area contributed by atoms with Crippen LogP contribution in [0.25, 0.3) is 0 Å². The molecule has 1 aliphatic carbocycles. The number of rotatable bonds is 6. The van der Waals surface area contributed by atoms with Gasteiger partial charge in [-0.15, -0.1) is 0 Å². The lowest BCUT2D eigenvalue weighted by Gasteiger charge is -2.04. The van der Waals surface area contributed by atoms with E-state index >= 15 is 0 Å². The van der Waals surface area contributed by atoms with Crippen molar-refractivity contribution in [3.8, 4) is 0 Å². The highest BCUT2D eigenvalue weighted by atomic mass is 14.8. The van der Waals surface area contributed by atoms with Gasteiger partial charge in [-0.1, -0.05) is 31.9 Å². The maximum atomic E-state index is 3.94. The molecule has 11 heavy (non-hydrogen) atoms. The Morgan fingerprint density at radius 2 is 2.27 bits per heavy atom. The van der Waals surface area contributed by atoms with Gasteiger partial charge in [-0.25, -0.2) is 0 Å². The monoisotopic (exact) mass is 153 g/mol. The molecule has 0 radical (unpaired) electrons. The fourth-order valence-corrected chi connectivity index (χ4v) is 1.10. The SMILES string of the molecule is C=C(CC)CNCCC1CC1. The lowest BCUT2D eigenvalue weighted by molar-refractivity contribution is 0.633. The molecule has 1 nitrogen and oxygen atoms in total. The van der Waals surface area contributed by atoms with E-state index in [1.54, 1.807) is 0 Å². The Kier molecular flexibility index (Phi) is 3.64. The molecule has 64 valence electrons. The maximum absolute atomic E-state index is 3.94. The molecule has 0 aromatic rings. The van der Waals surface area contributed by atoms with Crippen LogP contribution in [0.2, 0.25) is 0 Å². The second-order valence-corrected chi connectivity index (χ2v) is 3.51. The van der Waals surface area contributed by atoms with Crippen molar-refractivity contribution >= 4 is 0 Å². The summed E-state index contributed by atoms with van der Waals surface area (Å²) in [7, 11) is 0. The Balaban J connectivity index is 1.82. The molecule has 0 heterocycles. The first-order valence-electron chi connectivity index (χ1n) is 4.70. The van der Waals surface area contributed by atoms with Crippen molar-refractivity contribution in [2.24, 2.45) is 5.92 Å². The number of nitrogens with one attached hydrogen (secondary N) is 1. The van der Waals surface area contributed by atoms with E-state index in [0.717, 1.165) is 18.9 Å². The summed E-state index contributed by atoms with van der Waals surface area (Å²) in [6.45, 7) is 8.30. The summed E-state index contributed by atoms with van der Waals surface area (Å²) in [4.78, 5) is 0. The zero-order valence-electron chi connectivity index (χ0n) is 7.53. The van der Waals surface area contributed by atoms with Gasteiger partial charge in [-0.05, 0) is 25.3 Å². The summed E-state index contributed by atoms with van der Waals surface area (Å²) in [6, 6.07) is 0. The molecule has 0 bridgehead atoms. The predicted molar refractivity (Wildman–Crippen MR) is 49.6 cm³/mol.